The minimum Gasteiger partial charge on any atom is -0.507 e. The van der Waals surface area contributed by atoms with Crippen LogP contribution in [0.4, 0.5) is 0 Å². The Morgan fingerprint density at radius 1 is 1.24 bits per heavy atom. The molecule has 1 fully saturated rings. The molecule has 1 atom stereocenters. The number of nitrogens with zero attached hydrogens (tertiary/aromatic N) is 3. The van der Waals surface area contributed by atoms with Gasteiger partial charge in [0.05, 0.1) is 11.8 Å². The number of hydrazone groups is 1. The second-order valence-electron chi connectivity index (χ2n) is 7.86. The fraction of sp³-hybridized carbons (Fsp3) is 0.364. The van der Waals surface area contributed by atoms with E-state index < -0.39 is 5.72 Å². The molecule has 5 rings (SSSR count). The monoisotopic (exact) mass is 455 g/mol. The summed E-state index contributed by atoms with van der Waals surface area (Å²) in [5.41, 5.74) is 2.13. The van der Waals surface area contributed by atoms with E-state index in [4.69, 9.17) is 9.84 Å². The predicted molar refractivity (Wildman–Crippen MR) is 113 cm³/mol. The number of hydrogen-bond donors (Lipinski definition) is 1. The number of hydrogen-bond acceptors (Lipinski definition) is 5. The first kappa shape index (κ1) is 18.5. The number of piperidine rings is 1. The number of carbonyl (C=O) groups excluding carboxylic acids is 1. The zero-order chi connectivity index (χ0) is 20.2. The first-order valence-corrected chi connectivity index (χ1v) is 10.7. The Morgan fingerprint density at radius 3 is 2.72 bits per heavy atom. The SMILES string of the molecule is CC(=O)N1CCC2(CC1)Oc1ccc(Br)cc1[C@H]1CC(c3ccccc3O)=NN12. The second-order valence-corrected chi connectivity index (χ2v) is 8.78. The number of para-hydroxylation sites is 1. The zero-order valence-electron chi connectivity index (χ0n) is 16.1. The number of phenolic OH excluding ortho intramolecular Hbond substituents is 1. The highest BCUT2D eigenvalue weighted by molar-refractivity contribution is 9.10. The Kier molecular flexibility index (Phi) is 4.31. The lowest BCUT2D eigenvalue weighted by Gasteiger charge is -2.51. The van der Waals surface area contributed by atoms with Crippen molar-refractivity contribution in [1.82, 2.24) is 9.91 Å². The molecule has 29 heavy (non-hydrogen) atoms. The van der Waals surface area contributed by atoms with Crippen LogP contribution in [-0.2, 0) is 4.79 Å². The third kappa shape index (κ3) is 2.99. The standard InChI is InChI=1S/C22H22BrN3O3/c1-14(27)25-10-8-22(9-11-25)26-19(17-12-15(23)6-7-21(17)29-22)13-18(24-26)16-4-2-3-5-20(16)28/h2-7,12,19,28H,8-11,13H2,1H3/t19-/m1/s1. The summed E-state index contributed by atoms with van der Waals surface area (Å²) >= 11 is 3.57. The largest absolute Gasteiger partial charge is 0.507 e. The van der Waals surface area contributed by atoms with Crippen LogP contribution in [0.3, 0.4) is 0 Å². The first-order valence-electron chi connectivity index (χ1n) is 9.86. The molecule has 3 aliphatic heterocycles. The van der Waals surface area contributed by atoms with Crippen molar-refractivity contribution in [3.63, 3.8) is 0 Å². The lowest BCUT2D eigenvalue weighted by Crippen LogP contribution is -2.59. The van der Waals surface area contributed by atoms with E-state index >= 15 is 0 Å². The van der Waals surface area contributed by atoms with Crippen molar-refractivity contribution in [3.05, 3.63) is 58.1 Å². The van der Waals surface area contributed by atoms with Gasteiger partial charge in [-0.25, -0.2) is 5.01 Å². The number of ether oxygens (including phenoxy) is 1. The van der Waals surface area contributed by atoms with Gasteiger partial charge in [-0.1, -0.05) is 28.1 Å². The van der Waals surface area contributed by atoms with E-state index in [9.17, 15) is 9.90 Å². The van der Waals surface area contributed by atoms with Crippen molar-refractivity contribution >= 4 is 27.5 Å². The molecule has 0 unspecified atom stereocenters. The van der Waals surface area contributed by atoms with E-state index in [0.717, 1.165) is 27.1 Å². The summed E-state index contributed by atoms with van der Waals surface area (Å²) in [7, 11) is 0. The molecule has 2 aromatic rings. The Morgan fingerprint density at radius 2 is 2.00 bits per heavy atom. The molecule has 3 aliphatic rings. The fourth-order valence-electron chi connectivity index (χ4n) is 4.63. The molecular weight excluding hydrogens is 434 g/mol. The van der Waals surface area contributed by atoms with Crippen molar-refractivity contribution in [2.24, 2.45) is 5.10 Å². The van der Waals surface area contributed by atoms with Gasteiger partial charge in [0.15, 0.2) is 0 Å². The van der Waals surface area contributed by atoms with E-state index in [2.05, 4.69) is 27.0 Å². The highest BCUT2D eigenvalue weighted by Gasteiger charge is 2.52. The van der Waals surface area contributed by atoms with Crippen molar-refractivity contribution in [2.75, 3.05) is 13.1 Å². The van der Waals surface area contributed by atoms with Gasteiger partial charge in [0.25, 0.3) is 0 Å². The van der Waals surface area contributed by atoms with Crippen molar-refractivity contribution < 1.29 is 14.6 Å². The van der Waals surface area contributed by atoms with E-state index in [1.54, 1.807) is 13.0 Å². The number of carbonyl (C=O) groups is 1. The quantitative estimate of drug-likeness (QED) is 0.704. The van der Waals surface area contributed by atoms with Crippen LogP contribution < -0.4 is 4.74 Å². The predicted octanol–water partition coefficient (Wildman–Crippen LogP) is 4.04. The molecule has 6 nitrogen and oxygen atoms in total. The van der Waals surface area contributed by atoms with E-state index in [1.807, 2.05) is 35.2 Å². The van der Waals surface area contributed by atoms with Crippen LogP contribution in [0.15, 0.2) is 52.0 Å². The number of rotatable bonds is 1. The molecular formula is C22H22BrN3O3. The van der Waals surface area contributed by atoms with Crippen LogP contribution in [0.1, 0.15) is 43.4 Å². The van der Waals surface area contributed by atoms with Gasteiger partial charge in [-0.05, 0) is 30.3 Å². The minimum absolute atomic E-state index is 0.0368. The van der Waals surface area contributed by atoms with Crippen molar-refractivity contribution in [2.45, 2.75) is 38.0 Å². The smallest absolute Gasteiger partial charge is 0.219 e. The van der Waals surface area contributed by atoms with Crippen molar-refractivity contribution in [3.8, 4) is 11.5 Å². The molecule has 0 radical (unpaired) electrons. The highest BCUT2D eigenvalue weighted by Crippen LogP contribution is 2.50. The third-order valence-corrected chi connectivity index (χ3v) is 6.66. The van der Waals surface area contributed by atoms with Gasteiger partial charge in [0.1, 0.15) is 11.5 Å². The molecule has 2 aromatic carbocycles. The average molecular weight is 456 g/mol. The lowest BCUT2D eigenvalue weighted by atomic mass is 9.90. The number of likely N-dealkylation sites (tertiary alicyclic amines) is 1. The van der Waals surface area contributed by atoms with Gasteiger partial charge in [-0.2, -0.15) is 5.10 Å². The fourth-order valence-corrected chi connectivity index (χ4v) is 5.01. The highest BCUT2D eigenvalue weighted by atomic mass is 79.9. The number of halogens is 1. The van der Waals surface area contributed by atoms with E-state index in [0.29, 0.717) is 32.4 Å². The molecule has 7 heteroatoms. The molecule has 1 spiro atoms. The summed E-state index contributed by atoms with van der Waals surface area (Å²) in [5, 5.41) is 17.4. The summed E-state index contributed by atoms with van der Waals surface area (Å²) < 4.78 is 7.57. The first-order chi connectivity index (χ1) is 14.0. The zero-order valence-corrected chi connectivity index (χ0v) is 17.7. The Balaban J connectivity index is 1.57. The van der Waals surface area contributed by atoms with Crippen LogP contribution >= 0.6 is 15.9 Å². The molecule has 0 aromatic heterocycles. The molecule has 150 valence electrons. The number of benzene rings is 2. The molecule has 0 bridgehead atoms. The topological polar surface area (TPSA) is 65.4 Å². The Labute approximate surface area is 177 Å². The molecule has 1 N–H and O–H groups in total. The maximum Gasteiger partial charge on any atom is 0.219 e. The lowest BCUT2D eigenvalue weighted by molar-refractivity contribution is -0.158. The third-order valence-electron chi connectivity index (χ3n) is 6.16. The Hall–Kier alpha value is -2.54. The number of phenols is 1. The van der Waals surface area contributed by atoms with Gasteiger partial charge in [0, 0.05) is 54.9 Å². The normalized spacial score (nSPS) is 22.0. The summed E-state index contributed by atoms with van der Waals surface area (Å²) in [6.07, 6.45) is 2.08. The van der Waals surface area contributed by atoms with Crippen LogP contribution in [-0.4, -0.2) is 45.4 Å². The van der Waals surface area contributed by atoms with Gasteiger partial charge < -0.3 is 14.7 Å². The summed E-state index contributed by atoms with van der Waals surface area (Å²) in [4.78, 5) is 13.7. The van der Waals surface area contributed by atoms with Gasteiger partial charge in [-0.3, -0.25) is 4.79 Å². The molecule has 3 heterocycles. The minimum atomic E-state index is -0.580. The average Bonchev–Trinajstić information content (AvgIpc) is 3.16. The number of aromatic hydroxyl groups is 1. The van der Waals surface area contributed by atoms with Crippen LogP contribution in [0.5, 0.6) is 11.5 Å². The molecule has 0 saturated carbocycles. The van der Waals surface area contributed by atoms with E-state index in [1.165, 1.54) is 0 Å². The van der Waals surface area contributed by atoms with Crippen LogP contribution in [0, 0.1) is 0 Å². The van der Waals surface area contributed by atoms with Crippen molar-refractivity contribution in [1.29, 1.82) is 0 Å². The summed E-state index contributed by atoms with van der Waals surface area (Å²) in [6.45, 7) is 2.90. The maximum atomic E-state index is 11.8. The number of fused-ring (bicyclic) bond motifs is 4. The molecule has 0 aliphatic carbocycles. The van der Waals surface area contributed by atoms with Gasteiger partial charge in [-0.15, -0.1) is 0 Å². The summed E-state index contributed by atoms with van der Waals surface area (Å²) in [5.74, 6) is 1.21. The Bertz CT molecular complexity index is 1010. The van der Waals surface area contributed by atoms with Gasteiger partial charge in [0.2, 0.25) is 11.6 Å². The van der Waals surface area contributed by atoms with Crippen LogP contribution in [0.25, 0.3) is 0 Å². The maximum absolute atomic E-state index is 11.8. The second kappa shape index (κ2) is 6.76. The van der Waals surface area contributed by atoms with Gasteiger partial charge >= 0.3 is 0 Å². The molecule has 1 saturated heterocycles. The molecule has 1 amide bonds. The number of amides is 1. The van der Waals surface area contributed by atoms with Crippen LogP contribution in [0.2, 0.25) is 0 Å². The van der Waals surface area contributed by atoms with E-state index in [-0.39, 0.29) is 17.7 Å². The summed E-state index contributed by atoms with van der Waals surface area (Å²) in [6, 6.07) is 13.5.